The molecule has 3 nitrogen and oxygen atoms in total. The van der Waals surface area contributed by atoms with Gasteiger partial charge in [0.15, 0.2) is 11.5 Å². The third-order valence-corrected chi connectivity index (χ3v) is 3.44. The van der Waals surface area contributed by atoms with Crippen molar-refractivity contribution in [1.82, 2.24) is 0 Å². The molecule has 0 fully saturated rings. The van der Waals surface area contributed by atoms with E-state index in [1.54, 1.807) is 7.11 Å². The van der Waals surface area contributed by atoms with Crippen molar-refractivity contribution >= 4 is 6.29 Å². The lowest BCUT2D eigenvalue weighted by Crippen LogP contribution is -2.04. The predicted molar refractivity (Wildman–Crippen MR) is 82.9 cm³/mol. The van der Waals surface area contributed by atoms with Crippen LogP contribution in [0.3, 0.4) is 0 Å². The van der Waals surface area contributed by atoms with Crippen LogP contribution in [0.2, 0.25) is 0 Å². The maximum absolute atomic E-state index is 10.8. The molecule has 0 radical (unpaired) electrons. The van der Waals surface area contributed by atoms with Crippen LogP contribution in [-0.4, -0.2) is 13.4 Å². The van der Waals surface area contributed by atoms with E-state index in [1.165, 1.54) is 0 Å². The van der Waals surface area contributed by atoms with Gasteiger partial charge in [0.2, 0.25) is 0 Å². The molecule has 2 rings (SSSR count). The minimum absolute atomic E-state index is 0.100. The molecule has 1 atom stereocenters. The number of rotatable bonds is 7. The lowest BCUT2D eigenvalue weighted by Gasteiger charge is -2.18. The molecule has 3 heteroatoms. The maximum Gasteiger partial charge on any atom is 0.165 e. The highest BCUT2D eigenvalue weighted by molar-refractivity contribution is 5.55. The van der Waals surface area contributed by atoms with E-state index in [-0.39, 0.29) is 5.92 Å². The van der Waals surface area contributed by atoms with E-state index in [1.807, 2.05) is 55.5 Å². The molecule has 0 amide bonds. The first-order valence-corrected chi connectivity index (χ1v) is 7.03. The summed E-state index contributed by atoms with van der Waals surface area (Å²) in [4.78, 5) is 10.8. The number of carbonyl (C=O) groups is 1. The van der Waals surface area contributed by atoms with Gasteiger partial charge in [0.25, 0.3) is 0 Å². The summed E-state index contributed by atoms with van der Waals surface area (Å²) in [5.41, 5.74) is 2.09. The highest BCUT2D eigenvalue weighted by Crippen LogP contribution is 2.37. The Morgan fingerprint density at radius 1 is 1.10 bits per heavy atom. The molecule has 0 saturated carbocycles. The number of methoxy groups -OCH3 is 1. The fourth-order valence-corrected chi connectivity index (χ4v) is 2.24. The van der Waals surface area contributed by atoms with E-state index in [0.717, 1.165) is 23.2 Å². The molecule has 0 aliphatic heterocycles. The molecular formula is C18H20O3. The number of hydrogen-bond donors (Lipinski definition) is 0. The maximum atomic E-state index is 10.8. The van der Waals surface area contributed by atoms with Crippen molar-refractivity contribution in [3.05, 3.63) is 59.7 Å². The van der Waals surface area contributed by atoms with Gasteiger partial charge in [0.05, 0.1) is 7.11 Å². The molecule has 2 aromatic rings. The van der Waals surface area contributed by atoms with Crippen LogP contribution in [0, 0.1) is 0 Å². The molecule has 0 N–H and O–H groups in total. The summed E-state index contributed by atoms with van der Waals surface area (Å²) in [6.07, 6.45) is 1.40. The molecule has 110 valence electrons. The van der Waals surface area contributed by atoms with Crippen molar-refractivity contribution in [2.24, 2.45) is 0 Å². The van der Waals surface area contributed by atoms with Crippen molar-refractivity contribution in [1.29, 1.82) is 0 Å². The Bertz CT molecular complexity index is 578. The van der Waals surface area contributed by atoms with Crippen LogP contribution in [0.4, 0.5) is 0 Å². The Hall–Kier alpha value is -2.29. The van der Waals surface area contributed by atoms with Gasteiger partial charge in [-0.2, -0.15) is 0 Å². The smallest absolute Gasteiger partial charge is 0.165 e. The van der Waals surface area contributed by atoms with Gasteiger partial charge in [-0.3, -0.25) is 0 Å². The molecule has 2 aromatic carbocycles. The van der Waals surface area contributed by atoms with Crippen LogP contribution in [0.5, 0.6) is 11.5 Å². The van der Waals surface area contributed by atoms with Gasteiger partial charge >= 0.3 is 0 Å². The molecule has 21 heavy (non-hydrogen) atoms. The van der Waals surface area contributed by atoms with Gasteiger partial charge in [0.1, 0.15) is 12.9 Å². The second kappa shape index (κ2) is 7.48. The van der Waals surface area contributed by atoms with E-state index in [9.17, 15) is 4.79 Å². The molecule has 1 unspecified atom stereocenters. The molecule has 0 saturated heterocycles. The molecular weight excluding hydrogens is 264 g/mol. The fourth-order valence-electron chi connectivity index (χ4n) is 2.24. The van der Waals surface area contributed by atoms with Gasteiger partial charge in [-0.1, -0.05) is 49.4 Å². The van der Waals surface area contributed by atoms with Crippen LogP contribution in [0.25, 0.3) is 0 Å². The summed E-state index contributed by atoms with van der Waals surface area (Å²) in [5, 5.41) is 0. The van der Waals surface area contributed by atoms with E-state index in [4.69, 9.17) is 9.47 Å². The first kappa shape index (κ1) is 15.1. The topological polar surface area (TPSA) is 35.5 Å². The van der Waals surface area contributed by atoms with Crippen LogP contribution in [-0.2, 0) is 11.4 Å². The Morgan fingerprint density at radius 3 is 2.52 bits per heavy atom. The summed E-state index contributed by atoms with van der Waals surface area (Å²) < 4.78 is 11.4. The number of carbonyl (C=O) groups excluding carboxylic acids is 1. The van der Waals surface area contributed by atoms with Gasteiger partial charge < -0.3 is 14.3 Å². The molecule has 0 aromatic heterocycles. The predicted octanol–water partition coefficient (Wildman–Crippen LogP) is 3.97. The Labute approximate surface area is 125 Å². The number of hydrogen-bond acceptors (Lipinski definition) is 3. The minimum atomic E-state index is 0.100. The van der Waals surface area contributed by atoms with Gasteiger partial charge in [-0.05, 0) is 17.5 Å². The first-order chi connectivity index (χ1) is 10.3. The highest BCUT2D eigenvalue weighted by Gasteiger charge is 2.16. The number of benzene rings is 2. The van der Waals surface area contributed by atoms with Crippen LogP contribution in [0.15, 0.2) is 48.5 Å². The summed E-state index contributed by atoms with van der Waals surface area (Å²) in [7, 11) is 1.62. The van der Waals surface area contributed by atoms with Crippen LogP contribution in [0.1, 0.15) is 30.4 Å². The standard InChI is InChI=1S/C18H20O3/c1-14(11-12-19)16-9-6-10-17(20-2)18(16)21-13-15-7-4-3-5-8-15/h3-10,12,14H,11,13H2,1-2H3. The van der Waals surface area contributed by atoms with Crippen molar-refractivity contribution in [2.75, 3.05) is 7.11 Å². The first-order valence-electron chi connectivity index (χ1n) is 7.03. The Kier molecular flexibility index (Phi) is 5.38. The summed E-state index contributed by atoms with van der Waals surface area (Å²) >= 11 is 0. The van der Waals surface area contributed by atoms with Crippen molar-refractivity contribution in [3.8, 4) is 11.5 Å². The van der Waals surface area contributed by atoms with Crippen molar-refractivity contribution in [2.45, 2.75) is 25.9 Å². The average molecular weight is 284 g/mol. The van der Waals surface area contributed by atoms with Crippen LogP contribution >= 0.6 is 0 Å². The number of ether oxygens (including phenoxy) is 2. The van der Waals surface area contributed by atoms with E-state index in [0.29, 0.717) is 18.8 Å². The molecule has 0 heterocycles. The summed E-state index contributed by atoms with van der Waals surface area (Å²) in [6, 6.07) is 15.8. The lowest BCUT2D eigenvalue weighted by atomic mass is 9.97. The number of aldehydes is 1. The lowest BCUT2D eigenvalue weighted by molar-refractivity contribution is -0.108. The summed E-state index contributed by atoms with van der Waals surface area (Å²) in [5.74, 6) is 1.52. The molecule has 0 aliphatic rings. The molecule has 0 bridgehead atoms. The Balaban J connectivity index is 2.24. The van der Waals surface area contributed by atoms with E-state index >= 15 is 0 Å². The van der Waals surface area contributed by atoms with Crippen molar-refractivity contribution < 1.29 is 14.3 Å². The van der Waals surface area contributed by atoms with Gasteiger partial charge in [0, 0.05) is 12.0 Å². The quantitative estimate of drug-likeness (QED) is 0.722. The zero-order valence-corrected chi connectivity index (χ0v) is 12.4. The van der Waals surface area contributed by atoms with Crippen molar-refractivity contribution in [3.63, 3.8) is 0 Å². The highest BCUT2D eigenvalue weighted by atomic mass is 16.5. The minimum Gasteiger partial charge on any atom is -0.493 e. The van der Waals surface area contributed by atoms with E-state index < -0.39 is 0 Å². The third-order valence-electron chi connectivity index (χ3n) is 3.44. The zero-order valence-electron chi connectivity index (χ0n) is 12.4. The van der Waals surface area contributed by atoms with E-state index in [2.05, 4.69) is 0 Å². The van der Waals surface area contributed by atoms with Gasteiger partial charge in [-0.25, -0.2) is 0 Å². The normalized spacial score (nSPS) is 11.7. The molecule has 0 spiro atoms. The SMILES string of the molecule is COc1cccc(C(C)CC=O)c1OCc1ccccc1. The summed E-state index contributed by atoms with van der Waals surface area (Å²) in [6.45, 7) is 2.49. The second-order valence-electron chi connectivity index (χ2n) is 4.96. The largest absolute Gasteiger partial charge is 0.493 e. The fraction of sp³-hybridized carbons (Fsp3) is 0.278. The third kappa shape index (κ3) is 3.85. The average Bonchev–Trinajstić information content (AvgIpc) is 2.53. The second-order valence-corrected chi connectivity index (χ2v) is 4.96. The molecule has 0 aliphatic carbocycles. The van der Waals surface area contributed by atoms with Crippen LogP contribution < -0.4 is 9.47 Å². The zero-order chi connectivity index (χ0) is 15.1. The monoisotopic (exact) mass is 284 g/mol. The number of para-hydroxylation sites is 1. The Morgan fingerprint density at radius 2 is 1.86 bits per heavy atom. The van der Waals surface area contributed by atoms with Gasteiger partial charge in [-0.15, -0.1) is 0 Å².